The lowest BCUT2D eigenvalue weighted by molar-refractivity contribution is 0.101. The Morgan fingerprint density at radius 1 is 1.00 bits per heavy atom. The highest BCUT2D eigenvalue weighted by molar-refractivity contribution is 6.02. The van der Waals surface area contributed by atoms with Crippen molar-refractivity contribution in [1.29, 1.82) is 0 Å². The number of hydrogen-bond acceptors (Lipinski definition) is 3. The first-order valence-corrected chi connectivity index (χ1v) is 7.60. The lowest BCUT2D eigenvalue weighted by Crippen LogP contribution is -2.27. The quantitative estimate of drug-likeness (QED) is 0.562. The number of carbonyl (C=O) groups excluding carboxylic acids is 1. The molecule has 5 nitrogen and oxygen atoms in total. The molecular weight excluding hydrogens is 366 g/mol. The highest BCUT2D eigenvalue weighted by Crippen LogP contribution is 2.20. The second kappa shape index (κ2) is 7.02. The van der Waals surface area contributed by atoms with Crippen LogP contribution >= 0.6 is 0 Å². The maximum Gasteiger partial charge on any atom is 0.280 e. The van der Waals surface area contributed by atoms with Crippen LogP contribution in [0.3, 0.4) is 0 Å². The molecule has 2 aromatic carbocycles. The van der Waals surface area contributed by atoms with Gasteiger partial charge in [0.25, 0.3) is 5.91 Å². The molecule has 0 aliphatic heterocycles. The van der Waals surface area contributed by atoms with Gasteiger partial charge in [0.05, 0.1) is 5.69 Å². The monoisotopic (exact) mass is 377 g/mol. The van der Waals surface area contributed by atoms with Crippen LogP contribution < -0.4 is 10.7 Å². The van der Waals surface area contributed by atoms with Crippen LogP contribution in [0.2, 0.25) is 0 Å². The number of para-hydroxylation sites is 1. The van der Waals surface area contributed by atoms with Crippen molar-refractivity contribution in [3.05, 3.63) is 87.3 Å². The minimum Gasteiger partial charge on any atom is -0.318 e. The lowest BCUT2D eigenvalue weighted by Gasteiger charge is -2.12. The van der Waals surface area contributed by atoms with Crippen LogP contribution in [0.15, 0.2) is 47.3 Å². The molecule has 3 aromatic rings. The first-order chi connectivity index (χ1) is 12.8. The van der Waals surface area contributed by atoms with Crippen molar-refractivity contribution < 1.29 is 22.4 Å². The van der Waals surface area contributed by atoms with E-state index in [1.807, 2.05) is 5.32 Å². The zero-order valence-corrected chi connectivity index (χ0v) is 13.8. The molecule has 0 spiro atoms. The minimum atomic E-state index is -1.77. The van der Waals surface area contributed by atoms with Gasteiger partial charge in [-0.1, -0.05) is 12.1 Å². The molecule has 0 aliphatic rings. The fraction of sp³-hybridized carbons (Fsp3) is 0.0556. The third-order valence-electron chi connectivity index (χ3n) is 3.69. The third-order valence-corrected chi connectivity index (χ3v) is 3.69. The molecule has 138 valence electrons. The predicted molar refractivity (Wildman–Crippen MR) is 88.8 cm³/mol. The number of benzene rings is 2. The van der Waals surface area contributed by atoms with E-state index in [0.717, 1.165) is 16.8 Å². The second-order valence-electron chi connectivity index (χ2n) is 5.54. The Kier molecular flexibility index (Phi) is 4.76. The van der Waals surface area contributed by atoms with E-state index in [0.29, 0.717) is 6.07 Å². The van der Waals surface area contributed by atoms with Crippen LogP contribution in [0.25, 0.3) is 5.69 Å². The average Bonchev–Trinajstić information content (AvgIpc) is 2.63. The van der Waals surface area contributed by atoms with E-state index in [1.165, 1.54) is 31.2 Å². The number of aromatic nitrogens is 2. The van der Waals surface area contributed by atoms with E-state index in [9.17, 15) is 27.2 Å². The zero-order valence-electron chi connectivity index (χ0n) is 13.8. The maximum absolute atomic E-state index is 14.0. The van der Waals surface area contributed by atoms with Gasteiger partial charge in [0, 0.05) is 11.8 Å². The average molecular weight is 377 g/mol. The molecule has 0 aliphatic carbocycles. The fourth-order valence-electron chi connectivity index (χ4n) is 2.38. The third kappa shape index (κ3) is 3.43. The summed E-state index contributed by atoms with van der Waals surface area (Å²) in [6.07, 6.45) is 0. The first kappa shape index (κ1) is 18.3. The smallest absolute Gasteiger partial charge is 0.280 e. The maximum atomic E-state index is 14.0. The van der Waals surface area contributed by atoms with Gasteiger partial charge >= 0.3 is 0 Å². The van der Waals surface area contributed by atoms with E-state index in [2.05, 4.69) is 5.10 Å². The van der Waals surface area contributed by atoms with Crippen LogP contribution in [0.1, 0.15) is 16.2 Å². The van der Waals surface area contributed by atoms with Crippen molar-refractivity contribution in [1.82, 2.24) is 9.78 Å². The van der Waals surface area contributed by atoms with Gasteiger partial charge < -0.3 is 5.32 Å². The lowest BCUT2D eigenvalue weighted by atomic mass is 10.2. The molecule has 1 aromatic heterocycles. The fourth-order valence-corrected chi connectivity index (χ4v) is 2.38. The van der Waals surface area contributed by atoms with Gasteiger partial charge in [0.1, 0.15) is 11.5 Å². The van der Waals surface area contributed by atoms with Crippen LogP contribution in [0.5, 0.6) is 0 Å². The molecule has 0 fully saturated rings. The Labute approximate surface area is 149 Å². The van der Waals surface area contributed by atoms with Crippen molar-refractivity contribution in [2.24, 2.45) is 0 Å². The zero-order chi connectivity index (χ0) is 19.7. The van der Waals surface area contributed by atoms with E-state index in [-0.39, 0.29) is 11.4 Å². The number of carbonyl (C=O) groups is 1. The molecule has 0 saturated carbocycles. The van der Waals surface area contributed by atoms with Gasteiger partial charge in [-0.05, 0) is 31.2 Å². The Morgan fingerprint density at radius 3 is 2.41 bits per heavy atom. The number of anilines is 1. The van der Waals surface area contributed by atoms with E-state index < -0.39 is 46.0 Å². The van der Waals surface area contributed by atoms with Gasteiger partial charge in [0.2, 0.25) is 5.43 Å². The first-order valence-electron chi connectivity index (χ1n) is 7.60. The van der Waals surface area contributed by atoms with Crippen LogP contribution in [-0.2, 0) is 0 Å². The summed E-state index contributed by atoms with van der Waals surface area (Å²) >= 11 is 0. The SMILES string of the molecule is Cc1cc(=O)c(C(=O)Nc2ccc(F)c(F)c2F)nn1-c1ccccc1F. The molecule has 3 rings (SSSR count). The van der Waals surface area contributed by atoms with Gasteiger partial charge in [-0.2, -0.15) is 5.10 Å². The van der Waals surface area contributed by atoms with Crippen molar-refractivity contribution >= 4 is 11.6 Å². The van der Waals surface area contributed by atoms with Crippen molar-refractivity contribution in [3.8, 4) is 5.69 Å². The molecule has 1 heterocycles. The Balaban J connectivity index is 2.03. The van der Waals surface area contributed by atoms with Gasteiger partial charge in [-0.15, -0.1) is 0 Å². The van der Waals surface area contributed by atoms with E-state index in [4.69, 9.17) is 0 Å². The molecule has 27 heavy (non-hydrogen) atoms. The Hall–Kier alpha value is -3.49. The molecule has 0 unspecified atom stereocenters. The standard InChI is InChI=1S/C18H11F4N3O2/c1-9-8-14(26)17(24-25(9)13-5-3-2-4-10(13)19)18(27)23-12-7-6-11(20)15(21)16(12)22/h2-8H,1H3,(H,23,27). The Morgan fingerprint density at radius 2 is 1.70 bits per heavy atom. The molecule has 0 radical (unpaired) electrons. The number of aryl methyl sites for hydroxylation is 1. The number of hydrogen-bond donors (Lipinski definition) is 1. The van der Waals surface area contributed by atoms with Gasteiger partial charge in [-0.25, -0.2) is 22.2 Å². The van der Waals surface area contributed by atoms with Crippen LogP contribution in [0, 0.1) is 30.2 Å². The number of amides is 1. The normalized spacial score (nSPS) is 10.7. The largest absolute Gasteiger partial charge is 0.318 e. The van der Waals surface area contributed by atoms with Crippen LogP contribution in [0.4, 0.5) is 23.2 Å². The summed E-state index contributed by atoms with van der Waals surface area (Å²) in [5.41, 5.74) is -1.91. The second-order valence-corrected chi connectivity index (χ2v) is 5.54. The van der Waals surface area contributed by atoms with Gasteiger partial charge in [0.15, 0.2) is 23.1 Å². The molecule has 0 bridgehead atoms. The summed E-state index contributed by atoms with van der Waals surface area (Å²) in [5, 5.41) is 5.79. The van der Waals surface area contributed by atoms with Gasteiger partial charge in [-0.3, -0.25) is 9.59 Å². The summed E-state index contributed by atoms with van der Waals surface area (Å²) in [6.45, 7) is 1.48. The van der Waals surface area contributed by atoms with E-state index >= 15 is 0 Å². The minimum absolute atomic E-state index is 0.0111. The molecule has 0 atom stereocenters. The highest BCUT2D eigenvalue weighted by Gasteiger charge is 2.20. The molecule has 0 saturated heterocycles. The summed E-state index contributed by atoms with van der Waals surface area (Å²) in [5.74, 6) is -6.62. The highest BCUT2D eigenvalue weighted by atomic mass is 19.2. The van der Waals surface area contributed by atoms with Crippen molar-refractivity contribution in [2.75, 3.05) is 5.32 Å². The van der Waals surface area contributed by atoms with Crippen molar-refractivity contribution in [3.63, 3.8) is 0 Å². The number of nitrogens with zero attached hydrogens (tertiary/aromatic N) is 2. The number of halogens is 4. The summed E-state index contributed by atoms with van der Waals surface area (Å²) in [6, 6.07) is 8.02. The molecular formula is C18H11F4N3O2. The predicted octanol–water partition coefficient (Wildman–Crippen LogP) is 3.35. The van der Waals surface area contributed by atoms with Crippen molar-refractivity contribution in [2.45, 2.75) is 6.92 Å². The summed E-state index contributed by atoms with van der Waals surface area (Å²) in [7, 11) is 0. The number of rotatable bonds is 3. The van der Waals surface area contributed by atoms with E-state index in [1.54, 1.807) is 0 Å². The molecule has 1 N–H and O–H groups in total. The summed E-state index contributed by atoms with van der Waals surface area (Å²) in [4.78, 5) is 24.4. The summed E-state index contributed by atoms with van der Waals surface area (Å²) < 4.78 is 55.0. The van der Waals surface area contributed by atoms with Crippen LogP contribution in [-0.4, -0.2) is 15.7 Å². The molecule has 9 heteroatoms. The topological polar surface area (TPSA) is 64.0 Å². The number of nitrogens with one attached hydrogen (secondary N) is 1. The molecule has 1 amide bonds. The Bertz CT molecular complexity index is 1110.